The van der Waals surface area contributed by atoms with Gasteiger partial charge in [-0.15, -0.1) is 0 Å². The van der Waals surface area contributed by atoms with Crippen LogP contribution in [0.25, 0.3) is 0 Å². The lowest BCUT2D eigenvalue weighted by molar-refractivity contribution is -0.117. The average Bonchev–Trinajstić information content (AvgIpc) is 3.04. The Bertz CT molecular complexity index is 718. The number of carbonyl (C=O) groups excluding carboxylic acids is 2. The molecule has 0 saturated heterocycles. The van der Waals surface area contributed by atoms with Crippen LogP contribution in [0.15, 0.2) is 36.5 Å². The minimum atomic E-state index is -0.643. The Hall–Kier alpha value is -2.83. The maximum absolute atomic E-state index is 12.1. The molecule has 25 heavy (non-hydrogen) atoms. The maximum atomic E-state index is 12.1. The molecule has 1 aromatic carbocycles. The monoisotopic (exact) mass is 341 g/mol. The number of fused-ring (bicyclic) bond motifs is 1. The van der Waals surface area contributed by atoms with Crippen molar-refractivity contribution in [2.24, 2.45) is 0 Å². The number of nitrogens with one attached hydrogen (secondary N) is 3. The number of hydrogen-bond donors (Lipinski definition) is 3. The van der Waals surface area contributed by atoms with E-state index < -0.39 is 6.04 Å². The van der Waals surface area contributed by atoms with Gasteiger partial charge in [0, 0.05) is 24.8 Å². The van der Waals surface area contributed by atoms with Crippen LogP contribution in [-0.4, -0.2) is 27.5 Å². The van der Waals surface area contributed by atoms with E-state index in [2.05, 4.69) is 25.5 Å². The van der Waals surface area contributed by atoms with Crippen LogP contribution in [0.5, 0.6) is 0 Å². The number of aryl methyl sites for hydroxylation is 2. The molecular formula is C18H23N5O2. The third kappa shape index (κ3) is 4.59. The quantitative estimate of drug-likeness (QED) is 0.778. The topological polar surface area (TPSA) is 88.1 Å². The molecule has 1 aromatic heterocycles. The third-order valence-corrected chi connectivity index (χ3v) is 4.17. The van der Waals surface area contributed by atoms with Crippen LogP contribution in [0.4, 0.5) is 10.5 Å². The van der Waals surface area contributed by atoms with Crippen molar-refractivity contribution in [2.75, 3.05) is 5.32 Å². The highest BCUT2D eigenvalue weighted by molar-refractivity contribution is 5.96. The van der Waals surface area contributed by atoms with E-state index in [4.69, 9.17) is 0 Å². The van der Waals surface area contributed by atoms with Crippen molar-refractivity contribution >= 4 is 17.6 Å². The van der Waals surface area contributed by atoms with E-state index in [9.17, 15) is 9.59 Å². The van der Waals surface area contributed by atoms with Gasteiger partial charge < -0.3 is 20.5 Å². The number of para-hydroxylation sites is 1. The van der Waals surface area contributed by atoms with Gasteiger partial charge in [-0.2, -0.15) is 0 Å². The second kappa shape index (κ2) is 7.83. The molecule has 0 spiro atoms. The molecule has 1 atom stereocenters. The summed E-state index contributed by atoms with van der Waals surface area (Å²) in [6, 6.07) is 8.11. The summed E-state index contributed by atoms with van der Waals surface area (Å²) in [4.78, 5) is 28.6. The summed E-state index contributed by atoms with van der Waals surface area (Å²) in [5, 5.41) is 8.14. The number of rotatable bonds is 5. The predicted molar refractivity (Wildman–Crippen MR) is 95.1 cm³/mol. The molecule has 2 heterocycles. The van der Waals surface area contributed by atoms with Crippen molar-refractivity contribution in [1.82, 2.24) is 20.2 Å². The molecule has 1 aliphatic heterocycles. The molecule has 1 aliphatic rings. The van der Waals surface area contributed by atoms with Crippen LogP contribution in [0.3, 0.4) is 0 Å². The standard InChI is InChI=1S/C18H23N5O2/c1-13(17(24)22-14-7-3-2-4-8-14)20-18(25)19-11-15-12-23-10-6-5-9-16(23)21-15/h2-4,7-8,12-13H,5-6,9-11H2,1H3,(H,22,24)(H2,19,20,25)/t13-/m1/s1. The van der Waals surface area contributed by atoms with Crippen LogP contribution < -0.4 is 16.0 Å². The first-order chi connectivity index (χ1) is 12.1. The molecule has 0 aliphatic carbocycles. The minimum Gasteiger partial charge on any atom is -0.335 e. The Morgan fingerprint density at radius 2 is 2.04 bits per heavy atom. The fourth-order valence-corrected chi connectivity index (χ4v) is 2.81. The van der Waals surface area contributed by atoms with Gasteiger partial charge >= 0.3 is 6.03 Å². The van der Waals surface area contributed by atoms with Gasteiger partial charge in [0.1, 0.15) is 11.9 Å². The van der Waals surface area contributed by atoms with Crippen LogP contribution in [-0.2, 0) is 24.3 Å². The lowest BCUT2D eigenvalue weighted by Crippen LogP contribution is -2.46. The van der Waals surface area contributed by atoms with E-state index in [0.29, 0.717) is 12.2 Å². The Kier molecular flexibility index (Phi) is 5.33. The lowest BCUT2D eigenvalue weighted by Gasteiger charge is -2.14. The van der Waals surface area contributed by atoms with Crippen LogP contribution in [0.2, 0.25) is 0 Å². The number of carbonyl (C=O) groups is 2. The summed E-state index contributed by atoms with van der Waals surface area (Å²) in [6.07, 6.45) is 5.31. The zero-order chi connectivity index (χ0) is 17.6. The first-order valence-corrected chi connectivity index (χ1v) is 8.57. The second-order valence-corrected chi connectivity index (χ2v) is 6.20. The molecule has 3 rings (SSSR count). The van der Waals surface area contributed by atoms with E-state index in [0.717, 1.165) is 24.5 Å². The van der Waals surface area contributed by atoms with Crippen molar-refractivity contribution in [3.63, 3.8) is 0 Å². The molecular weight excluding hydrogens is 318 g/mol. The van der Waals surface area contributed by atoms with Gasteiger partial charge in [-0.3, -0.25) is 4.79 Å². The zero-order valence-corrected chi connectivity index (χ0v) is 14.3. The summed E-state index contributed by atoms with van der Waals surface area (Å²) in [5.41, 5.74) is 1.54. The third-order valence-electron chi connectivity index (χ3n) is 4.17. The zero-order valence-electron chi connectivity index (χ0n) is 14.3. The van der Waals surface area contributed by atoms with Crippen molar-refractivity contribution in [3.05, 3.63) is 48.0 Å². The van der Waals surface area contributed by atoms with E-state index in [1.165, 1.54) is 12.8 Å². The predicted octanol–water partition coefficient (Wildman–Crippen LogP) is 2.05. The largest absolute Gasteiger partial charge is 0.335 e. The first-order valence-electron chi connectivity index (χ1n) is 8.57. The molecule has 0 radical (unpaired) electrons. The van der Waals surface area contributed by atoms with Crippen molar-refractivity contribution < 1.29 is 9.59 Å². The number of nitrogens with zero attached hydrogens (tertiary/aromatic N) is 2. The molecule has 7 nitrogen and oxygen atoms in total. The summed E-state index contributed by atoms with van der Waals surface area (Å²) in [7, 11) is 0. The molecule has 132 valence electrons. The van der Waals surface area contributed by atoms with Gasteiger partial charge in [0.25, 0.3) is 0 Å². The molecule has 0 fully saturated rings. The highest BCUT2D eigenvalue weighted by Crippen LogP contribution is 2.14. The highest BCUT2D eigenvalue weighted by Gasteiger charge is 2.16. The average molecular weight is 341 g/mol. The SMILES string of the molecule is C[C@@H](NC(=O)NCc1cn2c(n1)CCCC2)C(=O)Nc1ccccc1. The smallest absolute Gasteiger partial charge is 0.315 e. The molecule has 3 amide bonds. The minimum absolute atomic E-state index is 0.265. The Labute approximate surface area is 146 Å². The lowest BCUT2D eigenvalue weighted by atomic mass is 10.2. The molecule has 2 aromatic rings. The molecule has 0 unspecified atom stereocenters. The Morgan fingerprint density at radius 3 is 2.80 bits per heavy atom. The van der Waals surface area contributed by atoms with E-state index in [-0.39, 0.29) is 11.9 Å². The van der Waals surface area contributed by atoms with Gasteiger partial charge in [-0.1, -0.05) is 18.2 Å². The van der Waals surface area contributed by atoms with Crippen LogP contribution >= 0.6 is 0 Å². The Morgan fingerprint density at radius 1 is 1.24 bits per heavy atom. The fourth-order valence-electron chi connectivity index (χ4n) is 2.81. The fraction of sp³-hybridized carbons (Fsp3) is 0.389. The number of urea groups is 1. The summed E-state index contributed by atoms with van der Waals surface area (Å²) >= 11 is 0. The summed E-state index contributed by atoms with van der Waals surface area (Å²) < 4.78 is 2.15. The molecule has 7 heteroatoms. The van der Waals surface area contributed by atoms with Gasteiger partial charge in [0.05, 0.1) is 12.2 Å². The van der Waals surface area contributed by atoms with Gasteiger partial charge in [0.2, 0.25) is 5.91 Å². The summed E-state index contributed by atoms with van der Waals surface area (Å²) in [5.74, 6) is 0.817. The normalized spacial score (nSPS) is 14.3. The van der Waals surface area contributed by atoms with Gasteiger partial charge in [-0.05, 0) is 31.9 Å². The van der Waals surface area contributed by atoms with E-state index in [1.54, 1.807) is 19.1 Å². The van der Waals surface area contributed by atoms with Crippen molar-refractivity contribution in [1.29, 1.82) is 0 Å². The summed E-state index contributed by atoms with van der Waals surface area (Å²) in [6.45, 7) is 2.98. The molecule has 0 saturated carbocycles. The second-order valence-electron chi connectivity index (χ2n) is 6.20. The number of anilines is 1. The van der Waals surface area contributed by atoms with Crippen molar-refractivity contribution in [2.45, 2.75) is 45.3 Å². The van der Waals surface area contributed by atoms with Crippen molar-refractivity contribution in [3.8, 4) is 0 Å². The number of amides is 3. The number of hydrogen-bond acceptors (Lipinski definition) is 3. The van der Waals surface area contributed by atoms with Crippen LogP contribution in [0, 0.1) is 0 Å². The van der Waals surface area contributed by atoms with Gasteiger partial charge in [0.15, 0.2) is 0 Å². The van der Waals surface area contributed by atoms with E-state index in [1.807, 2.05) is 24.4 Å². The number of benzene rings is 1. The molecule has 3 N–H and O–H groups in total. The Balaban J connectivity index is 1.45. The number of imidazole rings is 1. The van der Waals surface area contributed by atoms with E-state index >= 15 is 0 Å². The highest BCUT2D eigenvalue weighted by atomic mass is 16.2. The van der Waals surface area contributed by atoms with Crippen LogP contribution in [0.1, 0.15) is 31.3 Å². The maximum Gasteiger partial charge on any atom is 0.315 e. The van der Waals surface area contributed by atoms with Gasteiger partial charge in [-0.25, -0.2) is 9.78 Å². The number of aromatic nitrogens is 2. The first kappa shape index (κ1) is 17.0. The molecule has 0 bridgehead atoms.